The Bertz CT molecular complexity index is 2270. The van der Waals surface area contributed by atoms with E-state index in [-0.39, 0.29) is 0 Å². The van der Waals surface area contributed by atoms with Crippen LogP contribution in [0.3, 0.4) is 0 Å². The van der Waals surface area contributed by atoms with Crippen LogP contribution in [0.5, 0.6) is 0 Å². The van der Waals surface area contributed by atoms with Crippen molar-refractivity contribution >= 4 is 32.9 Å². The molecule has 1 heterocycles. The lowest BCUT2D eigenvalue weighted by Crippen LogP contribution is -1.86. The summed E-state index contributed by atoms with van der Waals surface area (Å²) in [6.45, 7) is 2.18. The lowest BCUT2D eigenvalue weighted by atomic mass is 9.93. The van der Waals surface area contributed by atoms with Gasteiger partial charge in [0.2, 0.25) is 0 Å². The normalized spacial score (nSPS) is 11.3. The Balaban J connectivity index is 1.16. The summed E-state index contributed by atoms with van der Waals surface area (Å²) >= 11 is 1.86. The average molecular weight is 579 g/mol. The lowest BCUT2D eigenvalue weighted by molar-refractivity contribution is 1.52. The molecular formula is C43H30S. The van der Waals surface area contributed by atoms with E-state index in [4.69, 9.17) is 0 Å². The van der Waals surface area contributed by atoms with Gasteiger partial charge in [-0.1, -0.05) is 140 Å². The maximum Gasteiger partial charge on any atom is 0.0355 e. The zero-order chi connectivity index (χ0) is 29.5. The maximum atomic E-state index is 2.36. The molecule has 0 aliphatic heterocycles. The number of thiophene rings is 1. The molecular weight excluding hydrogens is 549 g/mol. The third kappa shape index (κ3) is 4.82. The number of hydrogen-bond acceptors (Lipinski definition) is 1. The molecule has 44 heavy (non-hydrogen) atoms. The van der Waals surface area contributed by atoms with Crippen LogP contribution in [0.2, 0.25) is 0 Å². The van der Waals surface area contributed by atoms with Gasteiger partial charge in [-0.2, -0.15) is 0 Å². The van der Waals surface area contributed by atoms with Gasteiger partial charge in [-0.25, -0.2) is 0 Å². The Kier molecular flexibility index (Phi) is 6.67. The van der Waals surface area contributed by atoms with E-state index in [2.05, 4.69) is 171 Å². The first kappa shape index (κ1) is 26.4. The molecule has 0 aliphatic rings. The molecule has 0 aliphatic carbocycles. The van der Waals surface area contributed by atoms with Gasteiger partial charge < -0.3 is 0 Å². The van der Waals surface area contributed by atoms with E-state index in [9.17, 15) is 0 Å². The highest BCUT2D eigenvalue weighted by atomic mass is 32.1. The molecule has 1 aromatic heterocycles. The highest BCUT2D eigenvalue weighted by molar-refractivity contribution is 7.18. The third-order valence-corrected chi connectivity index (χ3v) is 9.85. The molecule has 0 saturated carbocycles. The summed E-state index contributed by atoms with van der Waals surface area (Å²) in [4.78, 5) is 2.55. The fourth-order valence-electron chi connectivity index (χ4n) is 6.32. The third-order valence-electron chi connectivity index (χ3n) is 8.68. The predicted molar refractivity (Wildman–Crippen MR) is 191 cm³/mol. The highest BCUT2D eigenvalue weighted by Crippen LogP contribution is 2.42. The van der Waals surface area contributed by atoms with E-state index < -0.39 is 0 Å². The number of rotatable bonds is 5. The summed E-state index contributed by atoms with van der Waals surface area (Å²) < 4.78 is 0. The van der Waals surface area contributed by atoms with Gasteiger partial charge >= 0.3 is 0 Å². The molecule has 0 bridgehead atoms. The Morgan fingerprint density at radius 2 is 0.932 bits per heavy atom. The van der Waals surface area contributed by atoms with Crippen molar-refractivity contribution in [2.45, 2.75) is 6.92 Å². The zero-order valence-electron chi connectivity index (χ0n) is 24.5. The maximum absolute atomic E-state index is 2.36. The molecule has 0 spiro atoms. The van der Waals surface area contributed by atoms with E-state index in [1.165, 1.54) is 81.4 Å². The van der Waals surface area contributed by atoms with Gasteiger partial charge in [-0.15, -0.1) is 11.3 Å². The molecule has 208 valence electrons. The second kappa shape index (κ2) is 11.1. The van der Waals surface area contributed by atoms with Crippen molar-refractivity contribution in [3.63, 3.8) is 0 Å². The van der Waals surface area contributed by atoms with Crippen molar-refractivity contribution in [2.24, 2.45) is 0 Å². The monoisotopic (exact) mass is 578 g/mol. The number of hydrogen-bond donors (Lipinski definition) is 0. The van der Waals surface area contributed by atoms with Gasteiger partial charge in [0.25, 0.3) is 0 Å². The molecule has 0 amide bonds. The van der Waals surface area contributed by atoms with Gasteiger partial charge in [-0.05, 0) is 103 Å². The van der Waals surface area contributed by atoms with Crippen molar-refractivity contribution in [3.8, 4) is 54.3 Å². The molecule has 0 radical (unpaired) electrons. The van der Waals surface area contributed by atoms with E-state index >= 15 is 0 Å². The first-order valence-electron chi connectivity index (χ1n) is 15.1. The summed E-state index contributed by atoms with van der Waals surface area (Å²) in [6.07, 6.45) is 0. The zero-order valence-corrected chi connectivity index (χ0v) is 25.3. The van der Waals surface area contributed by atoms with Gasteiger partial charge in [0.1, 0.15) is 0 Å². The standard InChI is InChI=1S/C43H30S/c1-29-15-23-38(39-14-8-7-13-37(29)39)32-17-19-33(20-18-32)42-25-26-43(44-42)40-24-22-36(28-41(40)31-10-3-2-4-11-31)35-21-16-30-9-5-6-12-34(30)27-35/h2-28H,1H3. The van der Waals surface area contributed by atoms with Crippen molar-refractivity contribution in [1.29, 1.82) is 0 Å². The van der Waals surface area contributed by atoms with Crippen LogP contribution < -0.4 is 0 Å². The topological polar surface area (TPSA) is 0 Å². The first-order chi connectivity index (χ1) is 21.7. The van der Waals surface area contributed by atoms with Crippen LogP contribution in [0.15, 0.2) is 164 Å². The van der Waals surface area contributed by atoms with E-state index in [0.717, 1.165) is 0 Å². The number of aryl methyl sites for hydroxylation is 1. The molecule has 7 aromatic carbocycles. The van der Waals surface area contributed by atoms with Crippen LogP contribution in [0.1, 0.15) is 5.56 Å². The van der Waals surface area contributed by atoms with Gasteiger partial charge in [0.05, 0.1) is 0 Å². The van der Waals surface area contributed by atoms with Crippen molar-refractivity contribution in [2.75, 3.05) is 0 Å². The van der Waals surface area contributed by atoms with Crippen LogP contribution in [-0.2, 0) is 0 Å². The van der Waals surface area contributed by atoms with Crippen LogP contribution in [0, 0.1) is 6.92 Å². The second-order valence-corrected chi connectivity index (χ2v) is 12.5. The Labute approximate surface area is 262 Å². The Morgan fingerprint density at radius 3 is 1.77 bits per heavy atom. The van der Waals surface area contributed by atoms with Gasteiger partial charge in [0, 0.05) is 9.75 Å². The quantitative estimate of drug-likeness (QED) is 0.191. The smallest absolute Gasteiger partial charge is 0.0355 e. The van der Waals surface area contributed by atoms with Crippen molar-refractivity contribution in [1.82, 2.24) is 0 Å². The first-order valence-corrected chi connectivity index (χ1v) is 15.9. The van der Waals surface area contributed by atoms with Gasteiger partial charge in [0.15, 0.2) is 0 Å². The van der Waals surface area contributed by atoms with E-state index in [1.54, 1.807) is 0 Å². The molecule has 0 atom stereocenters. The number of fused-ring (bicyclic) bond motifs is 2. The molecule has 0 nitrogen and oxygen atoms in total. The molecule has 8 aromatic rings. The molecule has 0 saturated heterocycles. The predicted octanol–water partition coefficient (Wildman–Crippen LogP) is 12.7. The van der Waals surface area contributed by atoms with Crippen LogP contribution in [0.4, 0.5) is 0 Å². The Morgan fingerprint density at radius 1 is 0.341 bits per heavy atom. The summed E-state index contributed by atoms with van der Waals surface area (Å²) in [5.74, 6) is 0. The lowest BCUT2D eigenvalue weighted by Gasteiger charge is -2.12. The largest absolute Gasteiger partial charge is 0.135 e. The van der Waals surface area contributed by atoms with Crippen molar-refractivity contribution < 1.29 is 0 Å². The van der Waals surface area contributed by atoms with Crippen LogP contribution in [0.25, 0.3) is 75.8 Å². The van der Waals surface area contributed by atoms with Crippen LogP contribution >= 0.6 is 11.3 Å². The minimum atomic E-state index is 1.23. The fraction of sp³-hybridized carbons (Fsp3) is 0.0233. The summed E-state index contributed by atoms with van der Waals surface area (Å²) in [6, 6.07) is 59.8. The second-order valence-electron chi connectivity index (χ2n) is 11.4. The minimum Gasteiger partial charge on any atom is -0.135 e. The molecule has 0 N–H and O–H groups in total. The highest BCUT2D eigenvalue weighted by Gasteiger charge is 2.14. The summed E-state index contributed by atoms with van der Waals surface area (Å²) in [7, 11) is 0. The van der Waals surface area contributed by atoms with Crippen LogP contribution in [-0.4, -0.2) is 0 Å². The summed E-state index contributed by atoms with van der Waals surface area (Å²) in [5.41, 5.74) is 11.3. The fourth-order valence-corrected chi connectivity index (χ4v) is 7.37. The molecule has 8 rings (SSSR count). The summed E-state index contributed by atoms with van der Waals surface area (Å²) in [5, 5.41) is 5.15. The molecule has 0 unspecified atom stereocenters. The number of benzene rings is 7. The van der Waals surface area contributed by atoms with Crippen molar-refractivity contribution in [3.05, 3.63) is 169 Å². The minimum absolute atomic E-state index is 1.23. The average Bonchev–Trinajstić information content (AvgIpc) is 3.59. The molecule has 0 fully saturated rings. The Hall–Kier alpha value is -5.24. The van der Waals surface area contributed by atoms with E-state index in [0.29, 0.717) is 0 Å². The van der Waals surface area contributed by atoms with Gasteiger partial charge in [-0.3, -0.25) is 0 Å². The molecule has 1 heteroatoms. The van der Waals surface area contributed by atoms with E-state index in [1.807, 2.05) is 11.3 Å². The SMILES string of the molecule is Cc1ccc(-c2ccc(-c3ccc(-c4ccc(-c5ccc6ccccc6c5)cc4-c4ccccc4)s3)cc2)c2ccccc12.